The Morgan fingerprint density at radius 2 is 2.12 bits per heavy atom. The van der Waals surface area contributed by atoms with Gasteiger partial charge in [-0.25, -0.2) is 4.98 Å². The number of hydrogen-bond donors (Lipinski definition) is 2. The molecule has 5 heteroatoms. The SMILES string of the molecule is Cc1nc(C)c(C(=O)N[C@@H]2CCCC[C@H]2O)s1. The third-order valence-corrected chi connectivity index (χ3v) is 4.23. The van der Waals surface area contributed by atoms with Crippen LogP contribution in [0, 0.1) is 13.8 Å². The number of rotatable bonds is 2. The highest BCUT2D eigenvalue weighted by Gasteiger charge is 2.26. The molecule has 4 nitrogen and oxygen atoms in total. The number of amides is 1. The van der Waals surface area contributed by atoms with Gasteiger partial charge in [-0.3, -0.25) is 4.79 Å². The highest BCUT2D eigenvalue weighted by Crippen LogP contribution is 2.21. The fraction of sp³-hybridized carbons (Fsp3) is 0.667. The van der Waals surface area contributed by atoms with Gasteiger partial charge in [0.15, 0.2) is 0 Å². The van der Waals surface area contributed by atoms with Gasteiger partial charge >= 0.3 is 0 Å². The van der Waals surface area contributed by atoms with Gasteiger partial charge in [-0.2, -0.15) is 0 Å². The molecule has 0 aromatic carbocycles. The zero-order valence-corrected chi connectivity index (χ0v) is 11.0. The van der Waals surface area contributed by atoms with Gasteiger partial charge in [0.05, 0.1) is 22.8 Å². The average molecular weight is 254 g/mol. The Hall–Kier alpha value is -0.940. The van der Waals surface area contributed by atoms with Gasteiger partial charge in [0.2, 0.25) is 0 Å². The molecular formula is C12H18N2O2S. The Morgan fingerprint density at radius 1 is 1.41 bits per heavy atom. The summed E-state index contributed by atoms with van der Waals surface area (Å²) in [5, 5.41) is 13.6. The third kappa shape index (κ3) is 2.84. The van der Waals surface area contributed by atoms with Gasteiger partial charge in [-0.1, -0.05) is 12.8 Å². The van der Waals surface area contributed by atoms with Gasteiger partial charge in [-0.05, 0) is 26.7 Å². The quantitative estimate of drug-likeness (QED) is 0.846. The van der Waals surface area contributed by atoms with Crippen LogP contribution in [0.1, 0.15) is 46.1 Å². The van der Waals surface area contributed by atoms with E-state index in [1.54, 1.807) is 0 Å². The van der Waals surface area contributed by atoms with Crippen molar-refractivity contribution in [1.82, 2.24) is 10.3 Å². The lowest BCUT2D eigenvalue weighted by Gasteiger charge is -2.28. The fourth-order valence-corrected chi connectivity index (χ4v) is 3.08. The summed E-state index contributed by atoms with van der Waals surface area (Å²) in [7, 11) is 0. The number of thiazole rings is 1. The van der Waals surface area contributed by atoms with Crippen LogP contribution in [-0.2, 0) is 0 Å². The number of nitrogens with one attached hydrogen (secondary N) is 1. The van der Waals surface area contributed by atoms with Gasteiger partial charge in [0, 0.05) is 0 Å². The largest absolute Gasteiger partial charge is 0.391 e. The molecule has 1 aliphatic carbocycles. The molecule has 0 radical (unpaired) electrons. The molecule has 94 valence electrons. The van der Waals surface area contributed by atoms with Crippen molar-refractivity contribution >= 4 is 17.2 Å². The van der Waals surface area contributed by atoms with E-state index in [2.05, 4.69) is 10.3 Å². The number of carbonyl (C=O) groups excluding carboxylic acids is 1. The second-order valence-corrected chi connectivity index (χ2v) is 5.78. The lowest BCUT2D eigenvalue weighted by molar-refractivity contribution is 0.0719. The number of aryl methyl sites for hydroxylation is 2. The van der Waals surface area contributed by atoms with Gasteiger partial charge < -0.3 is 10.4 Å². The Morgan fingerprint density at radius 3 is 2.71 bits per heavy atom. The molecule has 0 unspecified atom stereocenters. The summed E-state index contributed by atoms with van der Waals surface area (Å²) >= 11 is 1.41. The molecule has 0 spiro atoms. The molecule has 1 fully saturated rings. The first-order chi connectivity index (χ1) is 8.08. The molecule has 1 amide bonds. The Balaban J connectivity index is 2.03. The molecule has 1 saturated carbocycles. The first kappa shape index (κ1) is 12.5. The minimum Gasteiger partial charge on any atom is -0.391 e. The van der Waals surface area contributed by atoms with E-state index in [4.69, 9.17) is 0 Å². The van der Waals surface area contributed by atoms with Crippen LogP contribution in [0.4, 0.5) is 0 Å². The summed E-state index contributed by atoms with van der Waals surface area (Å²) < 4.78 is 0. The molecule has 1 aliphatic rings. The van der Waals surface area contributed by atoms with Crippen LogP contribution in [0.25, 0.3) is 0 Å². The van der Waals surface area contributed by atoms with E-state index < -0.39 is 6.10 Å². The lowest BCUT2D eigenvalue weighted by Crippen LogP contribution is -2.45. The van der Waals surface area contributed by atoms with E-state index in [1.165, 1.54) is 11.3 Å². The number of aromatic nitrogens is 1. The first-order valence-corrected chi connectivity index (χ1v) is 6.82. The Bertz CT molecular complexity index is 417. The minimum atomic E-state index is -0.401. The van der Waals surface area contributed by atoms with Crippen molar-refractivity contribution in [2.24, 2.45) is 0 Å². The van der Waals surface area contributed by atoms with Crippen LogP contribution in [0.2, 0.25) is 0 Å². The summed E-state index contributed by atoms with van der Waals surface area (Å²) in [5.41, 5.74) is 0.773. The van der Waals surface area contributed by atoms with E-state index >= 15 is 0 Å². The van der Waals surface area contributed by atoms with Crippen LogP contribution in [-0.4, -0.2) is 28.1 Å². The summed E-state index contributed by atoms with van der Waals surface area (Å²) in [4.78, 5) is 16.9. The van der Waals surface area contributed by atoms with Gasteiger partial charge in [0.1, 0.15) is 4.88 Å². The van der Waals surface area contributed by atoms with Crippen molar-refractivity contribution in [3.8, 4) is 0 Å². The summed E-state index contributed by atoms with van der Waals surface area (Å²) in [6, 6.07) is -0.0990. The zero-order valence-electron chi connectivity index (χ0n) is 10.2. The van der Waals surface area contributed by atoms with Crippen molar-refractivity contribution < 1.29 is 9.90 Å². The van der Waals surface area contributed by atoms with Crippen molar-refractivity contribution in [2.45, 2.75) is 51.7 Å². The zero-order chi connectivity index (χ0) is 12.4. The Kier molecular flexibility index (Phi) is 3.79. The molecule has 1 heterocycles. The maximum Gasteiger partial charge on any atom is 0.263 e. The highest BCUT2D eigenvalue weighted by molar-refractivity contribution is 7.13. The molecule has 1 aromatic heterocycles. The number of aliphatic hydroxyl groups excluding tert-OH is 1. The fourth-order valence-electron chi connectivity index (χ4n) is 2.26. The molecular weight excluding hydrogens is 236 g/mol. The number of nitrogens with zero attached hydrogens (tertiary/aromatic N) is 1. The van der Waals surface area contributed by atoms with E-state index in [-0.39, 0.29) is 11.9 Å². The van der Waals surface area contributed by atoms with Crippen molar-refractivity contribution in [3.05, 3.63) is 15.6 Å². The summed E-state index contributed by atoms with van der Waals surface area (Å²) in [5.74, 6) is -0.0981. The molecule has 2 rings (SSSR count). The summed E-state index contributed by atoms with van der Waals surface area (Å²) in [6.07, 6.45) is 3.37. The normalized spacial score (nSPS) is 24.6. The third-order valence-electron chi connectivity index (χ3n) is 3.16. The maximum absolute atomic E-state index is 12.0. The molecule has 1 aromatic rings. The molecule has 0 aliphatic heterocycles. The molecule has 2 N–H and O–H groups in total. The van der Waals surface area contributed by atoms with E-state index in [0.29, 0.717) is 4.88 Å². The van der Waals surface area contributed by atoms with E-state index in [9.17, 15) is 9.90 Å². The van der Waals surface area contributed by atoms with Crippen molar-refractivity contribution in [1.29, 1.82) is 0 Å². The van der Waals surface area contributed by atoms with Crippen LogP contribution in [0.15, 0.2) is 0 Å². The first-order valence-electron chi connectivity index (χ1n) is 6.01. The molecule has 17 heavy (non-hydrogen) atoms. The van der Waals surface area contributed by atoms with Crippen LogP contribution in [0.3, 0.4) is 0 Å². The molecule has 0 saturated heterocycles. The topological polar surface area (TPSA) is 62.2 Å². The number of hydrogen-bond acceptors (Lipinski definition) is 4. The van der Waals surface area contributed by atoms with E-state index in [0.717, 1.165) is 36.4 Å². The number of aliphatic hydroxyl groups is 1. The molecule has 0 bridgehead atoms. The lowest BCUT2D eigenvalue weighted by atomic mass is 9.92. The van der Waals surface area contributed by atoms with Crippen molar-refractivity contribution in [3.63, 3.8) is 0 Å². The van der Waals surface area contributed by atoms with Gasteiger partial charge in [-0.15, -0.1) is 11.3 Å². The van der Waals surface area contributed by atoms with Crippen LogP contribution < -0.4 is 5.32 Å². The van der Waals surface area contributed by atoms with E-state index in [1.807, 2.05) is 13.8 Å². The molecule has 2 atom stereocenters. The average Bonchev–Trinajstić information content (AvgIpc) is 2.61. The smallest absolute Gasteiger partial charge is 0.263 e. The maximum atomic E-state index is 12.0. The second-order valence-electron chi connectivity index (χ2n) is 4.58. The van der Waals surface area contributed by atoms with Crippen molar-refractivity contribution in [2.75, 3.05) is 0 Å². The Labute approximate surface area is 105 Å². The number of carbonyl (C=O) groups is 1. The van der Waals surface area contributed by atoms with Gasteiger partial charge in [0.25, 0.3) is 5.91 Å². The highest BCUT2D eigenvalue weighted by atomic mass is 32.1. The predicted octanol–water partition coefficient (Wildman–Crippen LogP) is 1.79. The van der Waals surface area contributed by atoms with Crippen LogP contribution in [0.5, 0.6) is 0 Å². The van der Waals surface area contributed by atoms with Crippen LogP contribution >= 0.6 is 11.3 Å². The standard InChI is InChI=1S/C12H18N2O2S/c1-7-11(17-8(2)13-7)12(16)14-9-5-3-4-6-10(9)15/h9-10,15H,3-6H2,1-2H3,(H,14,16)/t9-,10-/m1/s1. The summed E-state index contributed by atoms with van der Waals surface area (Å²) in [6.45, 7) is 3.74. The minimum absolute atomic E-state index is 0.0981. The monoisotopic (exact) mass is 254 g/mol. The second kappa shape index (κ2) is 5.14. The predicted molar refractivity (Wildman–Crippen MR) is 67.3 cm³/mol.